The van der Waals surface area contributed by atoms with Crippen molar-refractivity contribution >= 4 is 17.6 Å². The number of nitrogens with zero attached hydrogens (tertiary/aromatic N) is 1. The van der Waals surface area contributed by atoms with Crippen molar-refractivity contribution in [3.05, 3.63) is 42.1 Å². The lowest BCUT2D eigenvalue weighted by Crippen LogP contribution is -2.32. The summed E-state index contributed by atoms with van der Waals surface area (Å²) in [4.78, 5) is 2.07. The Morgan fingerprint density at radius 3 is 2.30 bits per heavy atom. The molecule has 1 aliphatic rings. The third kappa shape index (κ3) is 4.14. The molecular formula is C21H30N2. The Kier molecular flexibility index (Phi) is 6.67. The van der Waals surface area contributed by atoms with Gasteiger partial charge in [-0.3, -0.25) is 5.41 Å². The van der Waals surface area contributed by atoms with Crippen LogP contribution in [0.2, 0.25) is 0 Å². The minimum Gasteiger partial charge on any atom is -0.330 e. The van der Waals surface area contributed by atoms with E-state index in [2.05, 4.69) is 55.3 Å². The molecule has 2 nitrogen and oxygen atoms in total. The van der Waals surface area contributed by atoms with Crippen LogP contribution in [0, 0.1) is 11.3 Å². The average molecular weight is 310 g/mol. The number of anilines is 1. The van der Waals surface area contributed by atoms with Gasteiger partial charge in [0.05, 0.1) is 6.34 Å². The molecule has 0 amide bonds. The molecule has 0 aliphatic heterocycles. The van der Waals surface area contributed by atoms with Gasteiger partial charge >= 0.3 is 0 Å². The van der Waals surface area contributed by atoms with Crippen LogP contribution in [-0.4, -0.2) is 12.4 Å². The normalized spacial score (nSPS) is 15.3. The second-order valence-electron chi connectivity index (χ2n) is 6.48. The Morgan fingerprint density at radius 2 is 1.83 bits per heavy atom. The van der Waals surface area contributed by atoms with E-state index in [1.807, 2.05) is 0 Å². The van der Waals surface area contributed by atoms with Gasteiger partial charge in [0.25, 0.3) is 0 Å². The molecular weight excluding hydrogens is 280 g/mol. The molecule has 0 aromatic heterocycles. The van der Waals surface area contributed by atoms with E-state index in [1.54, 1.807) is 0 Å². The van der Waals surface area contributed by atoms with Crippen LogP contribution in [0.4, 0.5) is 5.69 Å². The molecule has 1 aromatic carbocycles. The van der Waals surface area contributed by atoms with E-state index in [-0.39, 0.29) is 0 Å². The Bertz CT molecular complexity index is 542. The van der Waals surface area contributed by atoms with E-state index in [0.29, 0.717) is 12.0 Å². The molecule has 0 radical (unpaired) electrons. The van der Waals surface area contributed by atoms with Gasteiger partial charge in [-0.25, -0.2) is 0 Å². The highest BCUT2D eigenvalue weighted by molar-refractivity contribution is 5.79. The summed E-state index contributed by atoms with van der Waals surface area (Å²) in [6.07, 6.45) is 10.1. The third-order valence-corrected chi connectivity index (χ3v) is 5.16. The predicted octanol–water partition coefficient (Wildman–Crippen LogP) is 6.04. The largest absolute Gasteiger partial charge is 0.330 e. The Balaban J connectivity index is 2.20. The Hall–Kier alpha value is -1.79. The number of hydrogen-bond acceptors (Lipinski definition) is 1. The quantitative estimate of drug-likeness (QED) is 0.371. The molecule has 1 N–H and O–H groups in total. The lowest BCUT2D eigenvalue weighted by molar-refractivity contribution is 0.429. The summed E-state index contributed by atoms with van der Waals surface area (Å²) in [5.74, 6) is 0.616. The van der Waals surface area contributed by atoms with Gasteiger partial charge in [-0.1, -0.05) is 51.8 Å². The molecule has 0 unspecified atom stereocenters. The van der Waals surface area contributed by atoms with E-state index in [0.717, 1.165) is 18.5 Å². The van der Waals surface area contributed by atoms with Crippen molar-refractivity contribution in [3.63, 3.8) is 0 Å². The molecule has 2 rings (SSSR count). The van der Waals surface area contributed by atoms with E-state index in [9.17, 15) is 0 Å². The number of allylic oxidation sites excluding steroid dienone is 1. The van der Waals surface area contributed by atoms with E-state index >= 15 is 0 Å². The summed E-state index contributed by atoms with van der Waals surface area (Å²) in [5, 5.41) is 7.74. The zero-order valence-electron chi connectivity index (χ0n) is 14.6. The highest BCUT2D eigenvalue weighted by atomic mass is 15.2. The van der Waals surface area contributed by atoms with Crippen molar-refractivity contribution in [1.82, 2.24) is 0 Å². The van der Waals surface area contributed by atoms with Crippen LogP contribution in [0.15, 0.2) is 36.6 Å². The molecule has 0 bridgehead atoms. The van der Waals surface area contributed by atoms with Crippen LogP contribution in [-0.2, 0) is 0 Å². The first-order valence-electron chi connectivity index (χ1n) is 9.04. The second kappa shape index (κ2) is 8.74. The fourth-order valence-corrected chi connectivity index (χ4v) is 3.76. The minimum atomic E-state index is 0.395. The second-order valence-corrected chi connectivity index (χ2v) is 6.48. The fourth-order valence-electron chi connectivity index (χ4n) is 3.76. The van der Waals surface area contributed by atoms with E-state index < -0.39 is 0 Å². The summed E-state index contributed by atoms with van der Waals surface area (Å²) in [6.45, 7) is 8.29. The molecule has 1 fully saturated rings. The van der Waals surface area contributed by atoms with Gasteiger partial charge < -0.3 is 4.90 Å². The van der Waals surface area contributed by atoms with Gasteiger partial charge in [0.1, 0.15) is 0 Å². The summed E-state index contributed by atoms with van der Waals surface area (Å²) < 4.78 is 0. The number of nitrogens with one attached hydrogen (secondary N) is 1. The minimum absolute atomic E-state index is 0.395. The molecule has 0 saturated heterocycles. The summed E-state index contributed by atoms with van der Waals surface area (Å²) >= 11 is 0. The van der Waals surface area contributed by atoms with Gasteiger partial charge in [-0.2, -0.15) is 0 Å². The Morgan fingerprint density at radius 1 is 1.22 bits per heavy atom. The van der Waals surface area contributed by atoms with Crippen LogP contribution < -0.4 is 4.90 Å². The van der Waals surface area contributed by atoms with Crippen molar-refractivity contribution in [2.75, 3.05) is 4.90 Å². The van der Waals surface area contributed by atoms with Crippen molar-refractivity contribution < 1.29 is 0 Å². The SMILES string of the molecule is C=C=C(c1ccc(N(C=N)C(CC)CC)cc1)C1CCCCC1. The van der Waals surface area contributed by atoms with Crippen LogP contribution in [0.3, 0.4) is 0 Å². The highest BCUT2D eigenvalue weighted by Gasteiger charge is 2.19. The van der Waals surface area contributed by atoms with E-state index in [1.165, 1.54) is 49.6 Å². The maximum atomic E-state index is 7.74. The lowest BCUT2D eigenvalue weighted by atomic mass is 9.81. The maximum Gasteiger partial charge on any atom is 0.0864 e. The highest BCUT2D eigenvalue weighted by Crippen LogP contribution is 2.35. The van der Waals surface area contributed by atoms with Crippen molar-refractivity contribution in [2.45, 2.75) is 64.8 Å². The number of benzene rings is 1. The molecule has 1 aliphatic carbocycles. The number of rotatable bonds is 7. The molecule has 23 heavy (non-hydrogen) atoms. The summed E-state index contributed by atoms with van der Waals surface area (Å²) in [7, 11) is 0. The zero-order valence-corrected chi connectivity index (χ0v) is 14.6. The number of hydrogen-bond donors (Lipinski definition) is 1. The first kappa shape index (κ1) is 17.6. The van der Waals surface area contributed by atoms with Crippen LogP contribution in [0.5, 0.6) is 0 Å². The van der Waals surface area contributed by atoms with Crippen LogP contribution in [0.25, 0.3) is 5.57 Å². The van der Waals surface area contributed by atoms with Crippen molar-refractivity contribution in [2.24, 2.45) is 5.92 Å². The Labute approximate surface area is 141 Å². The van der Waals surface area contributed by atoms with Crippen LogP contribution >= 0.6 is 0 Å². The first-order valence-corrected chi connectivity index (χ1v) is 9.04. The van der Waals surface area contributed by atoms with Crippen molar-refractivity contribution in [1.29, 1.82) is 5.41 Å². The summed E-state index contributed by atoms with van der Waals surface area (Å²) in [6, 6.07) is 9.02. The molecule has 0 atom stereocenters. The maximum absolute atomic E-state index is 7.74. The topological polar surface area (TPSA) is 27.1 Å². The molecule has 2 heteroatoms. The molecule has 1 aromatic rings. The molecule has 1 saturated carbocycles. The van der Waals surface area contributed by atoms with Crippen LogP contribution in [0.1, 0.15) is 64.4 Å². The molecule has 0 heterocycles. The predicted molar refractivity (Wildman–Crippen MR) is 101 cm³/mol. The van der Waals surface area contributed by atoms with Gasteiger partial charge in [0, 0.05) is 17.3 Å². The first-order chi connectivity index (χ1) is 11.2. The molecule has 0 spiro atoms. The van der Waals surface area contributed by atoms with E-state index in [4.69, 9.17) is 5.41 Å². The smallest absolute Gasteiger partial charge is 0.0864 e. The standard InChI is InChI=1S/C21H30N2/c1-4-19(5-2)23(16-22)20-14-12-18(13-15-20)21(6-3)17-10-8-7-9-11-17/h12-17,19,22H,3-5,7-11H2,1-2H3. The fraction of sp³-hybridized carbons (Fsp3) is 0.524. The average Bonchev–Trinajstić information content (AvgIpc) is 2.62. The monoisotopic (exact) mass is 310 g/mol. The zero-order chi connectivity index (χ0) is 16.7. The van der Waals surface area contributed by atoms with Crippen molar-refractivity contribution in [3.8, 4) is 0 Å². The van der Waals surface area contributed by atoms with Gasteiger partial charge in [0.2, 0.25) is 0 Å². The van der Waals surface area contributed by atoms with Gasteiger partial charge in [-0.15, -0.1) is 5.73 Å². The molecule has 124 valence electrons. The lowest BCUT2D eigenvalue weighted by Gasteiger charge is -2.28. The summed E-state index contributed by atoms with van der Waals surface area (Å²) in [5.41, 5.74) is 6.82. The van der Waals surface area contributed by atoms with Gasteiger partial charge in [0.15, 0.2) is 0 Å². The van der Waals surface area contributed by atoms with Gasteiger partial charge in [-0.05, 0) is 49.3 Å². The third-order valence-electron chi connectivity index (χ3n) is 5.16.